The largest absolute Gasteiger partial charge is 0.481 e. The lowest BCUT2D eigenvalue weighted by Crippen LogP contribution is -2.34. The molecule has 6 heteroatoms. The summed E-state index contributed by atoms with van der Waals surface area (Å²) in [7, 11) is 0. The van der Waals surface area contributed by atoms with Gasteiger partial charge in [-0.25, -0.2) is 0 Å². The maximum Gasteiger partial charge on any atom is 0.305 e. The minimum atomic E-state index is -0.932. The Morgan fingerprint density at radius 3 is 2.50 bits per heavy atom. The summed E-state index contributed by atoms with van der Waals surface area (Å²) in [5.74, 6) is -1.25. The number of hydrogen-bond donors (Lipinski definition) is 1. The Hall–Kier alpha value is -2.63. The van der Waals surface area contributed by atoms with E-state index in [-0.39, 0.29) is 37.6 Å². The monoisotopic (exact) mass is 330 g/mol. The molecule has 0 bridgehead atoms. The molecule has 0 saturated carbocycles. The first-order chi connectivity index (χ1) is 11.5. The van der Waals surface area contributed by atoms with E-state index in [9.17, 15) is 14.4 Å². The van der Waals surface area contributed by atoms with E-state index in [0.717, 1.165) is 17.3 Å². The lowest BCUT2D eigenvalue weighted by molar-refractivity contribution is -0.138. The van der Waals surface area contributed by atoms with Crippen LogP contribution >= 0.6 is 0 Å². The van der Waals surface area contributed by atoms with E-state index in [1.807, 2.05) is 37.3 Å². The first-order valence-electron chi connectivity index (χ1n) is 8.11. The van der Waals surface area contributed by atoms with Crippen LogP contribution in [0.5, 0.6) is 0 Å². The van der Waals surface area contributed by atoms with E-state index >= 15 is 0 Å². The van der Waals surface area contributed by atoms with Crippen LogP contribution in [-0.4, -0.2) is 45.4 Å². The average molecular weight is 330 g/mol. The van der Waals surface area contributed by atoms with Crippen molar-refractivity contribution in [1.29, 1.82) is 0 Å². The van der Waals surface area contributed by atoms with Crippen LogP contribution in [0, 0.1) is 0 Å². The summed E-state index contributed by atoms with van der Waals surface area (Å²) in [5, 5.41) is 9.74. The van der Waals surface area contributed by atoms with Crippen LogP contribution < -0.4 is 0 Å². The molecule has 1 amide bonds. The summed E-state index contributed by atoms with van der Waals surface area (Å²) in [4.78, 5) is 36.8. The van der Waals surface area contributed by atoms with Gasteiger partial charge in [0.15, 0.2) is 0 Å². The Balaban J connectivity index is 1.96. The highest BCUT2D eigenvalue weighted by molar-refractivity contribution is 5.94. The smallest absolute Gasteiger partial charge is 0.305 e. The molecule has 0 spiro atoms. The van der Waals surface area contributed by atoms with Gasteiger partial charge < -0.3 is 10.0 Å². The molecule has 1 heterocycles. The van der Waals surface area contributed by atoms with Gasteiger partial charge in [-0.1, -0.05) is 25.1 Å². The number of rotatable bonds is 8. The maximum atomic E-state index is 12.4. The maximum absolute atomic E-state index is 12.4. The molecule has 1 aromatic heterocycles. The number of benzene rings is 1. The van der Waals surface area contributed by atoms with Crippen LogP contribution in [0.1, 0.15) is 37.4 Å². The fourth-order valence-electron chi connectivity index (χ4n) is 2.65. The first-order valence-corrected chi connectivity index (χ1v) is 8.11. The second-order valence-corrected chi connectivity index (χ2v) is 5.66. The Morgan fingerprint density at radius 1 is 1.04 bits per heavy atom. The van der Waals surface area contributed by atoms with E-state index in [4.69, 9.17) is 5.11 Å². The molecule has 1 N–H and O–H groups in total. The molecular formula is C18H22N2O4. The number of aliphatic carboxylic acids is 1. The van der Waals surface area contributed by atoms with Crippen molar-refractivity contribution >= 4 is 28.7 Å². The van der Waals surface area contributed by atoms with E-state index in [1.54, 1.807) is 10.8 Å². The summed E-state index contributed by atoms with van der Waals surface area (Å²) >= 11 is 0. The molecule has 0 aliphatic carbocycles. The van der Waals surface area contributed by atoms with Gasteiger partial charge in [0, 0.05) is 37.5 Å². The fraction of sp³-hybridized carbons (Fsp3) is 0.389. The Morgan fingerprint density at radius 2 is 1.79 bits per heavy atom. The molecule has 2 rings (SSSR count). The number of amides is 1. The van der Waals surface area contributed by atoms with Crippen molar-refractivity contribution in [2.24, 2.45) is 0 Å². The highest BCUT2D eigenvalue weighted by atomic mass is 16.4. The van der Waals surface area contributed by atoms with Crippen molar-refractivity contribution in [2.75, 3.05) is 13.1 Å². The first kappa shape index (κ1) is 17.7. The number of aromatic nitrogens is 1. The Labute approximate surface area is 140 Å². The third-order valence-corrected chi connectivity index (χ3v) is 3.86. The van der Waals surface area contributed by atoms with Gasteiger partial charge in [-0.15, -0.1) is 0 Å². The van der Waals surface area contributed by atoms with Gasteiger partial charge in [0.05, 0.1) is 11.9 Å². The van der Waals surface area contributed by atoms with Crippen molar-refractivity contribution in [3.05, 3.63) is 36.5 Å². The second kappa shape index (κ2) is 8.29. The van der Waals surface area contributed by atoms with Gasteiger partial charge in [0.25, 0.3) is 0 Å². The lowest BCUT2D eigenvalue weighted by atomic mass is 10.2. The number of carbonyl (C=O) groups is 3. The van der Waals surface area contributed by atoms with Gasteiger partial charge in [0.1, 0.15) is 0 Å². The lowest BCUT2D eigenvalue weighted by Gasteiger charge is -2.21. The quantitative estimate of drug-likeness (QED) is 0.807. The zero-order valence-corrected chi connectivity index (χ0v) is 13.8. The number of para-hydroxylation sites is 1. The predicted octanol–water partition coefficient (Wildman–Crippen LogP) is 2.78. The molecule has 0 aliphatic rings. The van der Waals surface area contributed by atoms with E-state index in [0.29, 0.717) is 6.54 Å². The second-order valence-electron chi connectivity index (χ2n) is 5.66. The van der Waals surface area contributed by atoms with Crippen LogP contribution in [0.3, 0.4) is 0 Å². The van der Waals surface area contributed by atoms with Gasteiger partial charge in [-0.3, -0.25) is 19.0 Å². The van der Waals surface area contributed by atoms with Crippen LogP contribution in [-0.2, 0) is 9.59 Å². The van der Waals surface area contributed by atoms with Crippen LogP contribution in [0.2, 0.25) is 0 Å². The Kier molecular flexibility index (Phi) is 6.12. The summed E-state index contributed by atoms with van der Waals surface area (Å²) < 4.78 is 1.56. The van der Waals surface area contributed by atoms with Crippen LogP contribution in [0.4, 0.5) is 0 Å². The number of carboxylic acids is 1. The molecule has 0 aliphatic heterocycles. The number of carboxylic acid groups (broad SMARTS) is 1. The summed E-state index contributed by atoms with van der Waals surface area (Å²) in [5.41, 5.74) is 0.825. The van der Waals surface area contributed by atoms with Crippen molar-refractivity contribution in [3.63, 3.8) is 0 Å². The van der Waals surface area contributed by atoms with E-state index in [2.05, 4.69) is 0 Å². The fourth-order valence-corrected chi connectivity index (χ4v) is 2.65. The normalized spacial score (nSPS) is 10.7. The van der Waals surface area contributed by atoms with Gasteiger partial charge in [-0.2, -0.15) is 0 Å². The van der Waals surface area contributed by atoms with Gasteiger partial charge >= 0.3 is 5.97 Å². The molecule has 0 saturated heterocycles. The molecule has 128 valence electrons. The van der Waals surface area contributed by atoms with Crippen molar-refractivity contribution in [3.8, 4) is 0 Å². The topological polar surface area (TPSA) is 79.6 Å². The highest BCUT2D eigenvalue weighted by Gasteiger charge is 2.16. The third-order valence-electron chi connectivity index (χ3n) is 3.86. The SMILES string of the molecule is CCCN(CCC(=O)O)C(=O)CCC(=O)n1ccc2ccccc21. The number of hydrogen-bond acceptors (Lipinski definition) is 3. The third kappa shape index (κ3) is 4.44. The predicted molar refractivity (Wildman–Crippen MR) is 90.9 cm³/mol. The molecule has 0 fully saturated rings. The van der Waals surface area contributed by atoms with Gasteiger partial charge in [0.2, 0.25) is 11.8 Å². The average Bonchev–Trinajstić information content (AvgIpc) is 3.00. The molecule has 24 heavy (non-hydrogen) atoms. The summed E-state index contributed by atoms with van der Waals surface area (Å²) in [6, 6.07) is 9.44. The molecule has 0 unspecified atom stereocenters. The van der Waals surface area contributed by atoms with Crippen molar-refractivity contribution in [2.45, 2.75) is 32.6 Å². The molecule has 0 atom stereocenters. The van der Waals surface area contributed by atoms with Crippen LogP contribution in [0.15, 0.2) is 36.5 Å². The highest BCUT2D eigenvalue weighted by Crippen LogP contribution is 2.16. The zero-order valence-electron chi connectivity index (χ0n) is 13.8. The van der Waals surface area contributed by atoms with Crippen LogP contribution in [0.25, 0.3) is 10.9 Å². The molecule has 1 aromatic carbocycles. The molecular weight excluding hydrogens is 308 g/mol. The van der Waals surface area contributed by atoms with Crippen molar-refractivity contribution in [1.82, 2.24) is 9.47 Å². The standard InChI is InChI=1S/C18H22N2O4/c1-2-11-19(12-10-18(23)24)16(21)7-8-17(22)20-13-9-14-5-3-4-6-15(14)20/h3-6,9,13H,2,7-8,10-12H2,1H3,(H,23,24). The molecule has 0 radical (unpaired) electrons. The minimum Gasteiger partial charge on any atom is -0.481 e. The van der Waals surface area contributed by atoms with Crippen molar-refractivity contribution < 1.29 is 19.5 Å². The van der Waals surface area contributed by atoms with E-state index in [1.165, 1.54) is 4.90 Å². The Bertz CT molecular complexity index is 735. The number of nitrogens with zero attached hydrogens (tertiary/aromatic N) is 2. The molecule has 6 nitrogen and oxygen atoms in total. The van der Waals surface area contributed by atoms with E-state index < -0.39 is 5.97 Å². The number of carbonyl (C=O) groups excluding carboxylic acids is 2. The molecule has 2 aromatic rings. The summed E-state index contributed by atoms with van der Waals surface area (Å²) in [6.07, 6.45) is 2.57. The zero-order chi connectivity index (χ0) is 17.5. The minimum absolute atomic E-state index is 0.0814. The summed E-state index contributed by atoms with van der Waals surface area (Å²) in [6.45, 7) is 2.62. The van der Waals surface area contributed by atoms with Gasteiger partial charge in [-0.05, 0) is 18.6 Å². The number of fused-ring (bicyclic) bond motifs is 1.